The quantitative estimate of drug-likeness (QED) is 0.565. The number of nitrogens with one attached hydrogen (secondary N) is 1. The van der Waals surface area contributed by atoms with Gasteiger partial charge < -0.3 is 15.5 Å². The Balaban J connectivity index is 2.17. The zero-order valence-electron chi connectivity index (χ0n) is 12.3. The molecule has 0 aromatic heterocycles. The third-order valence-electron chi connectivity index (χ3n) is 3.21. The smallest absolute Gasteiger partial charge is 0.305 e. The SMILES string of the molecule is Cc1cc(Cl)c(C)c(C=NN=C2NC(=O)C(CC(=O)O)S2)c1O. The molecular formula is C14H14ClN3O4S. The molecule has 1 saturated heterocycles. The van der Waals surface area contributed by atoms with Crippen LogP contribution < -0.4 is 5.32 Å². The lowest BCUT2D eigenvalue weighted by Crippen LogP contribution is -2.26. The first-order valence-electron chi connectivity index (χ1n) is 6.58. The van der Waals surface area contributed by atoms with Crippen molar-refractivity contribution in [3.8, 4) is 5.75 Å². The molecule has 7 nitrogen and oxygen atoms in total. The van der Waals surface area contributed by atoms with Crippen LogP contribution in [-0.4, -0.2) is 38.7 Å². The van der Waals surface area contributed by atoms with Gasteiger partial charge in [-0.1, -0.05) is 23.4 Å². The molecule has 1 aliphatic rings. The Morgan fingerprint density at radius 3 is 2.87 bits per heavy atom. The number of carbonyl (C=O) groups excluding carboxylic acids is 1. The van der Waals surface area contributed by atoms with Crippen molar-refractivity contribution in [1.29, 1.82) is 0 Å². The van der Waals surface area contributed by atoms with Crippen LogP contribution in [0.5, 0.6) is 5.75 Å². The molecule has 122 valence electrons. The van der Waals surface area contributed by atoms with Crippen molar-refractivity contribution in [1.82, 2.24) is 5.32 Å². The number of phenols is 1. The van der Waals surface area contributed by atoms with Crippen LogP contribution in [0.4, 0.5) is 0 Å². The zero-order valence-corrected chi connectivity index (χ0v) is 13.9. The number of rotatable bonds is 4. The van der Waals surface area contributed by atoms with Crippen molar-refractivity contribution in [3.63, 3.8) is 0 Å². The number of hydrogen-bond acceptors (Lipinski definition) is 6. The minimum Gasteiger partial charge on any atom is -0.507 e. The molecular weight excluding hydrogens is 342 g/mol. The second kappa shape index (κ2) is 7.01. The number of thioether (sulfide) groups is 1. The number of amides is 1. The van der Waals surface area contributed by atoms with Gasteiger partial charge >= 0.3 is 5.97 Å². The lowest BCUT2D eigenvalue weighted by Gasteiger charge is -2.08. The van der Waals surface area contributed by atoms with Crippen LogP contribution in [-0.2, 0) is 9.59 Å². The molecule has 1 amide bonds. The molecule has 1 aromatic rings. The minimum absolute atomic E-state index is 0.0581. The van der Waals surface area contributed by atoms with E-state index in [4.69, 9.17) is 16.7 Å². The molecule has 0 bridgehead atoms. The number of hydrogen-bond donors (Lipinski definition) is 3. The number of aryl methyl sites for hydroxylation is 1. The number of carbonyl (C=O) groups is 2. The van der Waals surface area contributed by atoms with E-state index in [0.29, 0.717) is 21.7 Å². The topological polar surface area (TPSA) is 111 Å². The summed E-state index contributed by atoms with van der Waals surface area (Å²) in [6, 6.07) is 1.65. The zero-order chi connectivity index (χ0) is 17.1. The maximum absolute atomic E-state index is 11.6. The van der Waals surface area contributed by atoms with Gasteiger partial charge in [0.15, 0.2) is 5.17 Å². The maximum Gasteiger partial charge on any atom is 0.305 e. The van der Waals surface area contributed by atoms with Crippen LogP contribution in [0.25, 0.3) is 0 Å². The highest BCUT2D eigenvalue weighted by Crippen LogP contribution is 2.30. The van der Waals surface area contributed by atoms with E-state index in [1.807, 2.05) is 0 Å². The highest BCUT2D eigenvalue weighted by atomic mass is 35.5. The second-order valence-electron chi connectivity index (χ2n) is 4.91. The Bertz CT molecular complexity index is 707. The Morgan fingerprint density at radius 2 is 2.22 bits per heavy atom. The number of aromatic hydroxyl groups is 1. The number of phenolic OH excluding ortho intramolecular Hbond substituents is 1. The molecule has 23 heavy (non-hydrogen) atoms. The van der Waals surface area contributed by atoms with Crippen molar-refractivity contribution in [2.45, 2.75) is 25.5 Å². The Morgan fingerprint density at radius 1 is 1.52 bits per heavy atom. The minimum atomic E-state index is -1.06. The van der Waals surface area contributed by atoms with E-state index in [0.717, 1.165) is 11.8 Å². The van der Waals surface area contributed by atoms with Gasteiger partial charge in [-0.15, -0.1) is 5.10 Å². The van der Waals surface area contributed by atoms with E-state index in [2.05, 4.69) is 15.5 Å². The van der Waals surface area contributed by atoms with Crippen LogP contribution >= 0.6 is 23.4 Å². The number of halogens is 1. The monoisotopic (exact) mass is 355 g/mol. The molecule has 0 spiro atoms. The summed E-state index contributed by atoms with van der Waals surface area (Å²) in [5, 5.41) is 28.9. The number of nitrogens with zero attached hydrogens (tertiary/aromatic N) is 2. The molecule has 1 unspecified atom stereocenters. The molecule has 1 fully saturated rings. The Hall–Kier alpha value is -2.06. The number of amidine groups is 1. The molecule has 2 rings (SSSR count). The Labute approximate surface area is 141 Å². The average Bonchev–Trinajstić information content (AvgIpc) is 2.80. The summed E-state index contributed by atoms with van der Waals surface area (Å²) in [5.41, 5.74) is 1.71. The van der Waals surface area contributed by atoms with Crippen LogP contribution in [0.3, 0.4) is 0 Å². The van der Waals surface area contributed by atoms with Gasteiger partial charge in [0.1, 0.15) is 11.0 Å². The lowest BCUT2D eigenvalue weighted by molar-refractivity contribution is -0.138. The van der Waals surface area contributed by atoms with E-state index >= 15 is 0 Å². The van der Waals surface area contributed by atoms with Gasteiger partial charge in [0.05, 0.1) is 12.6 Å². The van der Waals surface area contributed by atoms with E-state index in [1.165, 1.54) is 6.21 Å². The molecule has 1 aliphatic heterocycles. The summed E-state index contributed by atoms with van der Waals surface area (Å²) in [7, 11) is 0. The van der Waals surface area contributed by atoms with Crippen LogP contribution in [0.15, 0.2) is 16.3 Å². The number of aliphatic carboxylic acids is 1. The van der Waals surface area contributed by atoms with E-state index < -0.39 is 17.1 Å². The highest BCUT2D eigenvalue weighted by molar-refractivity contribution is 8.15. The molecule has 9 heteroatoms. The largest absolute Gasteiger partial charge is 0.507 e. The first-order valence-corrected chi connectivity index (χ1v) is 7.84. The summed E-state index contributed by atoms with van der Waals surface area (Å²) in [5.74, 6) is -1.41. The van der Waals surface area contributed by atoms with Crippen molar-refractivity contribution in [2.75, 3.05) is 0 Å². The van der Waals surface area contributed by atoms with Crippen LogP contribution in [0.2, 0.25) is 5.02 Å². The van der Waals surface area contributed by atoms with E-state index in [1.54, 1.807) is 19.9 Å². The third-order valence-corrected chi connectivity index (χ3v) is 4.67. The highest BCUT2D eigenvalue weighted by Gasteiger charge is 2.32. The van der Waals surface area contributed by atoms with E-state index in [-0.39, 0.29) is 17.3 Å². The standard InChI is InChI=1S/C14H14ClN3O4S/c1-6-3-9(15)7(2)8(12(6)21)5-16-18-14-17-13(22)10(23-14)4-11(19)20/h3,5,10,21H,4H2,1-2H3,(H,19,20)(H,17,18,22). The maximum atomic E-state index is 11.6. The molecule has 3 N–H and O–H groups in total. The first kappa shape index (κ1) is 17.3. The fourth-order valence-corrected chi connectivity index (χ4v) is 3.11. The van der Waals surface area contributed by atoms with E-state index in [9.17, 15) is 14.7 Å². The predicted octanol–water partition coefficient (Wildman–Crippen LogP) is 2.06. The molecule has 0 aliphatic carbocycles. The summed E-state index contributed by atoms with van der Waals surface area (Å²) in [4.78, 5) is 22.2. The summed E-state index contributed by atoms with van der Waals surface area (Å²) in [6.07, 6.45) is 1.06. The van der Waals surface area contributed by atoms with Crippen LogP contribution in [0, 0.1) is 13.8 Å². The van der Waals surface area contributed by atoms with Crippen molar-refractivity contribution in [2.24, 2.45) is 10.2 Å². The summed E-state index contributed by atoms with van der Waals surface area (Å²) in [6.45, 7) is 3.46. The van der Waals surface area contributed by atoms with Gasteiger partial charge in [-0.05, 0) is 31.0 Å². The number of carboxylic acid groups (broad SMARTS) is 1. The summed E-state index contributed by atoms with van der Waals surface area (Å²) >= 11 is 7.06. The molecule has 0 radical (unpaired) electrons. The molecule has 1 aromatic carbocycles. The first-order chi connectivity index (χ1) is 10.8. The van der Waals surface area contributed by atoms with Crippen molar-refractivity contribution < 1.29 is 19.8 Å². The average molecular weight is 356 g/mol. The molecule has 1 heterocycles. The fraction of sp³-hybridized carbons (Fsp3) is 0.286. The lowest BCUT2D eigenvalue weighted by atomic mass is 10.0. The third kappa shape index (κ3) is 4.02. The Kier molecular flexibility index (Phi) is 5.27. The second-order valence-corrected chi connectivity index (χ2v) is 6.50. The van der Waals surface area contributed by atoms with Gasteiger partial charge in [-0.25, -0.2) is 0 Å². The molecule has 1 atom stereocenters. The van der Waals surface area contributed by atoms with Crippen molar-refractivity contribution in [3.05, 3.63) is 27.8 Å². The predicted molar refractivity (Wildman–Crippen MR) is 89.4 cm³/mol. The fourth-order valence-electron chi connectivity index (χ4n) is 1.93. The van der Waals surface area contributed by atoms with Gasteiger partial charge in [-0.3, -0.25) is 9.59 Å². The van der Waals surface area contributed by atoms with Gasteiger partial charge in [0.25, 0.3) is 0 Å². The normalized spacial score (nSPS) is 19.5. The van der Waals surface area contributed by atoms with Gasteiger partial charge in [0.2, 0.25) is 5.91 Å². The summed E-state index contributed by atoms with van der Waals surface area (Å²) < 4.78 is 0. The number of carboxylic acids is 1. The number of benzene rings is 1. The van der Waals surface area contributed by atoms with Crippen molar-refractivity contribution >= 4 is 46.6 Å². The molecule has 0 saturated carbocycles. The van der Waals surface area contributed by atoms with Crippen LogP contribution in [0.1, 0.15) is 23.1 Å². The van der Waals surface area contributed by atoms with Gasteiger partial charge in [0, 0.05) is 10.6 Å². The van der Waals surface area contributed by atoms with Gasteiger partial charge in [-0.2, -0.15) is 5.10 Å².